The number of likely N-dealkylation sites (tertiary alicyclic amines) is 1. The van der Waals surface area contributed by atoms with Crippen molar-refractivity contribution in [1.29, 1.82) is 0 Å². The molecule has 0 aliphatic carbocycles. The summed E-state index contributed by atoms with van der Waals surface area (Å²) in [7, 11) is 0. The van der Waals surface area contributed by atoms with E-state index in [4.69, 9.17) is 4.74 Å². The minimum absolute atomic E-state index is 0.0193. The lowest BCUT2D eigenvalue weighted by atomic mass is 9.96. The molecule has 1 N–H and O–H groups in total. The Labute approximate surface area is 153 Å². The van der Waals surface area contributed by atoms with Gasteiger partial charge in [0, 0.05) is 31.4 Å². The van der Waals surface area contributed by atoms with E-state index in [-0.39, 0.29) is 17.9 Å². The zero-order valence-electron chi connectivity index (χ0n) is 15.6. The molecular weight excluding hydrogens is 332 g/mol. The number of hydrogen-bond acceptors (Lipinski definition) is 4. The van der Waals surface area contributed by atoms with Crippen LogP contribution in [0.5, 0.6) is 0 Å². The van der Waals surface area contributed by atoms with Gasteiger partial charge in [-0.1, -0.05) is 6.07 Å². The largest absolute Gasteiger partial charge is 0.444 e. The van der Waals surface area contributed by atoms with Gasteiger partial charge in [-0.2, -0.15) is 0 Å². The average molecular weight is 358 g/mol. The highest BCUT2D eigenvalue weighted by molar-refractivity contribution is 5.79. The molecule has 1 saturated heterocycles. The van der Waals surface area contributed by atoms with Crippen molar-refractivity contribution in [3.8, 4) is 0 Å². The van der Waals surface area contributed by atoms with Crippen molar-refractivity contribution < 1.29 is 14.3 Å². The normalized spacial score (nSPS) is 15.9. The zero-order valence-corrected chi connectivity index (χ0v) is 15.6. The number of fused-ring (bicyclic) bond motifs is 1. The molecule has 0 aromatic carbocycles. The summed E-state index contributed by atoms with van der Waals surface area (Å²) in [5, 5.41) is 2.96. The fourth-order valence-corrected chi connectivity index (χ4v) is 3.05. The Balaban J connectivity index is 1.47. The van der Waals surface area contributed by atoms with Crippen molar-refractivity contribution in [2.45, 2.75) is 45.8 Å². The quantitative estimate of drug-likeness (QED) is 0.915. The van der Waals surface area contributed by atoms with Crippen LogP contribution in [0.1, 0.15) is 39.3 Å². The van der Waals surface area contributed by atoms with Gasteiger partial charge < -0.3 is 19.4 Å². The molecule has 2 aromatic heterocycles. The summed E-state index contributed by atoms with van der Waals surface area (Å²) in [5.41, 5.74) is 1.19. The number of piperidine rings is 1. The zero-order chi connectivity index (χ0) is 18.7. The van der Waals surface area contributed by atoms with Crippen LogP contribution in [0, 0.1) is 5.92 Å². The van der Waals surface area contributed by atoms with Crippen molar-refractivity contribution in [1.82, 2.24) is 19.6 Å². The SMILES string of the molecule is CC(C)(C)OC(=O)N1CCC(C(=O)NCc2cn3ccccc3n2)CC1. The van der Waals surface area contributed by atoms with E-state index in [0.717, 1.165) is 11.3 Å². The molecule has 0 radical (unpaired) electrons. The fraction of sp³-hybridized carbons (Fsp3) is 0.526. The number of nitrogens with zero attached hydrogens (tertiary/aromatic N) is 3. The first kappa shape index (κ1) is 18.2. The van der Waals surface area contributed by atoms with Crippen molar-refractivity contribution in [2.24, 2.45) is 5.92 Å². The number of amides is 2. The van der Waals surface area contributed by atoms with E-state index in [1.165, 1.54) is 0 Å². The van der Waals surface area contributed by atoms with Crippen molar-refractivity contribution in [3.63, 3.8) is 0 Å². The summed E-state index contributed by atoms with van der Waals surface area (Å²) in [6.45, 7) is 7.05. The highest BCUT2D eigenvalue weighted by Crippen LogP contribution is 2.20. The lowest BCUT2D eigenvalue weighted by Gasteiger charge is -2.32. The van der Waals surface area contributed by atoms with Crippen LogP contribution in [-0.2, 0) is 16.1 Å². The smallest absolute Gasteiger partial charge is 0.410 e. The predicted molar refractivity (Wildman–Crippen MR) is 97.6 cm³/mol. The summed E-state index contributed by atoms with van der Waals surface area (Å²) in [6.07, 6.45) is 4.84. The summed E-state index contributed by atoms with van der Waals surface area (Å²) >= 11 is 0. The highest BCUT2D eigenvalue weighted by Gasteiger charge is 2.29. The van der Waals surface area contributed by atoms with Crippen molar-refractivity contribution in [2.75, 3.05) is 13.1 Å². The van der Waals surface area contributed by atoms with Crippen LogP contribution in [-0.4, -0.2) is 45.0 Å². The average Bonchev–Trinajstić information content (AvgIpc) is 3.01. The number of aromatic nitrogens is 2. The van der Waals surface area contributed by atoms with E-state index in [0.29, 0.717) is 32.5 Å². The van der Waals surface area contributed by atoms with E-state index in [1.807, 2.05) is 55.8 Å². The third-order valence-electron chi connectivity index (χ3n) is 4.38. The molecule has 1 aliphatic heterocycles. The van der Waals surface area contributed by atoms with Crippen LogP contribution in [0.3, 0.4) is 0 Å². The topological polar surface area (TPSA) is 75.9 Å². The summed E-state index contributed by atoms with van der Waals surface area (Å²) < 4.78 is 7.31. The van der Waals surface area contributed by atoms with E-state index in [9.17, 15) is 9.59 Å². The van der Waals surface area contributed by atoms with Gasteiger partial charge in [0.15, 0.2) is 0 Å². The molecule has 7 nitrogen and oxygen atoms in total. The van der Waals surface area contributed by atoms with Crippen LogP contribution in [0.25, 0.3) is 5.65 Å². The van der Waals surface area contributed by atoms with Gasteiger partial charge in [0.25, 0.3) is 0 Å². The monoisotopic (exact) mass is 358 g/mol. The molecule has 140 valence electrons. The molecule has 0 atom stereocenters. The van der Waals surface area contributed by atoms with Crippen LogP contribution in [0.15, 0.2) is 30.6 Å². The van der Waals surface area contributed by atoms with Crippen molar-refractivity contribution in [3.05, 3.63) is 36.3 Å². The second kappa shape index (κ2) is 7.35. The minimum atomic E-state index is -0.501. The molecule has 1 fully saturated rings. The second-order valence-electron chi connectivity index (χ2n) is 7.66. The Morgan fingerprint density at radius 2 is 2.00 bits per heavy atom. The maximum Gasteiger partial charge on any atom is 0.410 e. The number of imidazole rings is 1. The van der Waals surface area contributed by atoms with Gasteiger partial charge >= 0.3 is 6.09 Å². The molecule has 2 aromatic rings. The molecule has 26 heavy (non-hydrogen) atoms. The first-order valence-corrected chi connectivity index (χ1v) is 9.00. The second-order valence-corrected chi connectivity index (χ2v) is 7.66. The first-order chi connectivity index (χ1) is 12.3. The maximum atomic E-state index is 12.4. The summed E-state index contributed by atoms with van der Waals surface area (Å²) in [5.74, 6) is -0.0587. The number of carbonyl (C=O) groups is 2. The van der Waals surface area contributed by atoms with Gasteiger partial charge in [-0.25, -0.2) is 9.78 Å². The number of hydrogen-bond donors (Lipinski definition) is 1. The van der Waals surface area contributed by atoms with Gasteiger partial charge in [-0.05, 0) is 45.7 Å². The maximum absolute atomic E-state index is 12.4. The Morgan fingerprint density at radius 3 is 2.65 bits per heavy atom. The highest BCUT2D eigenvalue weighted by atomic mass is 16.6. The Hall–Kier alpha value is -2.57. The molecule has 0 unspecified atom stereocenters. The van der Waals surface area contributed by atoms with Crippen molar-refractivity contribution >= 4 is 17.6 Å². The molecule has 2 amide bonds. The third-order valence-corrected chi connectivity index (χ3v) is 4.38. The molecule has 0 bridgehead atoms. The molecule has 3 heterocycles. The number of rotatable bonds is 3. The molecule has 3 rings (SSSR count). The molecule has 7 heteroatoms. The third kappa shape index (κ3) is 4.53. The van der Waals surface area contributed by atoms with E-state index in [1.54, 1.807) is 4.90 Å². The molecule has 1 aliphatic rings. The van der Waals surface area contributed by atoms with Gasteiger partial charge in [0.05, 0.1) is 12.2 Å². The van der Waals surface area contributed by atoms with Gasteiger partial charge in [0.1, 0.15) is 11.2 Å². The minimum Gasteiger partial charge on any atom is -0.444 e. The van der Waals surface area contributed by atoms with E-state index < -0.39 is 5.60 Å². The fourth-order valence-electron chi connectivity index (χ4n) is 3.05. The van der Waals surface area contributed by atoms with Gasteiger partial charge in [-0.15, -0.1) is 0 Å². The van der Waals surface area contributed by atoms with Crippen LogP contribution in [0.4, 0.5) is 4.79 Å². The van der Waals surface area contributed by atoms with Crippen LogP contribution in [0.2, 0.25) is 0 Å². The van der Waals surface area contributed by atoms with E-state index in [2.05, 4.69) is 10.3 Å². The summed E-state index contributed by atoms with van der Waals surface area (Å²) in [4.78, 5) is 30.6. The lowest BCUT2D eigenvalue weighted by Crippen LogP contribution is -2.44. The number of pyridine rings is 1. The number of nitrogens with one attached hydrogen (secondary N) is 1. The molecule has 0 saturated carbocycles. The Bertz CT molecular complexity index is 752. The van der Waals surface area contributed by atoms with Crippen LogP contribution < -0.4 is 5.32 Å². The van der Waals surface area contributed by atoms with Gasteiger partial charge in [-0.3, -0.25) is 4.79 Å². The summed E-state index contributed by atoms with van der Waals surface area (Å²) in [6, 6.07) is 5.80. The molecule has 0 spiro atoms. The van der Waals surface area contributed by atoms with Crippen LogP contribution >= 0.6 is 0 Å². The first-order valence-electron chi connectivity index (χ1n) is 9.00. The standard InChI is InChI=1S/C19H26N4O3/c1-19(2,3)26-18(25)22-10-7-14(8-11-22)17(24)20-12-15-13-23-9-5-4-6-16(23)21-15/h4-6,9,13-14H,7-8,10-12H2,1-3H3,(H,20,24). The number of ether oxygens (including phenoxy) is 1. The Morgan fingerprint density at radius 1 is 1.27 bits per heavy atom. The predicted octanol–water partition coefficient (Wildman–Crippen LogP) is 2.60. The van der Waals surface area contributed by atoms with E-state index >= 15 is 0 Å². The van der Waals surface area contributed by atoms with Gasteiger partial charge in [0.2, 0.25) is 5.91 Å². The number of carbonyl (C=O) groups excluding carboxylic acids is 2. The lowest BCUT2D eigenvalue weighted by molar-refractivity contribution is -0.126. The molecular formula is C19H26N4O3. The Kier molecular flexibility index (Phi) is 5.15.